The van der Waals surface area contributed by atoms with Crippen molar-refractivity contribution in [2.45, 2.75) is 38.9 Å². The molecular formula is C14H22O4. The van der Waals surface area contributed by atoms with Crippen molar-refractivity contribution in [3.8, 4) is 11.5 Å². The van der Waals surface area contributed by atoms with Gasteiger partial charge in [0, 0.05) is 5.56 Å². The number of methoxy groups -OCH3 is 1. The van der Waals surface area contributed by atoms with E-state index in [9.17, 15) is 10.2 Å². The van der Waals surface area contributed by atoms with Crippen LogP contribution >= 0.6 is 0 Å². The fraction of sp³-hybridized carbons (Fsp3) is 0.571. The minimum absolute atomic E-state index is 0.122. The summed E-state index contributed by atoms with van der Waals surface area (Å²) in [6.45, 7) is 3.95. The van der Waals surface area contributed by atoms with Gasteiger partial charge in [-0.25, -0.2) is 0 Å². The molecule has 4 nitrogen and oxygen atoms in total. The van der Waals surface area contributed by atoms with Gasteiger partial charge >= 0.3 is 0 Å². The maximum atomic E-state index is 10.1. The van der Waals surface area contributed by atoms with E-state index in [1.54, 1.807) is 25.3 Å². The fourth-order valence-electron chi connectivity index (χ4n) is 1.61. The molecule has 0 spiro atoms. The van der Waals surface area contributed by atoms with Crippen LogP contribution in [0.5, 0.6) is 11.5 Å². The number of ether oxygens (including phenoxy) is 2. The molecule has 0 amide bonds. The third kappa shape index (κ3) is 3.62. The Balaban J connectivity index is 2.78. The Morgan fingerprint density at radius 3 is 2.39 bits per heavy atom. The molecule has 0 fully saturated rings. The van der Waals surface area contributed by atoms with Gasteiger partial charge in [0.15, 0.2) is 0 Å². The topological polar surface area (TPSA) is 58.9 Å². The molecule has 1 rings (SSSR count). The highest BCUT2D eigenvalue weighted by molar-refractivity contribution is 5.39. The molecule has 0 aliphatic heterocycles. The minimum Gasteiger partial charge on any atom is -0.497 e. The van der Waals surface area contributed by atoms with Gasteiger partial charge in [0.2, 0.25) is 0 Å². The van der Waals surface area contributed by atoms with Crippen molar-refractivity contribution in [1.29, 1.82) is 0 Å². The van der Waals surface area contributed by atoms with Crippen LogP contribution in [0.2, 0.25) is 0 Å². The van der Waals surface area contributed by atoms with Gasteiger partial charge in [0.05, 0.1) is 19.3 Å². The predicted molar refractivity (Wildman–Crippen MR) is 69.9 cm³/mol. The van der Waals surface area contributed by atoms with Crippen molar-refractivity contribution in [2.24, 2.45) is 0 Å². The third-order valence-electron chi connectivity index (χ3n) is 3.25. The Hall–Kier alpha value is -1.26. The van der Waals surface area contributed by atoms with Gasteiger partial charge in [-0.3, -0.25) is 0 Å². The summed E-state index contributed by atoms with van der Waals surface area (Å²) in [6, 6.07) is 5.24. The smallest absolute Gasteiger partial charge is 0.125 e. The summed E-state index contributed by atoms with van der Waals surface area (Å²) in [5.74, 6) is 1.26. The molecule has 18 heavy (non-hydrogen) atoms. The predicted octanol–water partition coefficient (Wildman–Crippen LogP) is 2.12. The Kier molecular flexibility index (Phi) is 5.44. The van der Waals surface area contributed by atoms with Gasteiger partial charge in [0.25, 0.3) is 0 Å². The van der Waals surface area contributed by atoms with Crippen molar-refractivity contribution >= 4 is 0 Å². The zero-order valence-electron chi connectivity index (χ0n) is 11.3. The van der Waals surface area contributed by atoms with E-state index >= 15 is 0 Å². The standard InChI is InChI=1S/C14H22O4/c1-4-14(16,5-2)10-18-13-7-6-12(17-3)8-11(13)9-15/h6-8,15-16H,4-5,9-10H2,1-3H3. The zero-order chi connectivity index (χ0) is 13.6. The summed E-state index contributed by atoms with van der Waals surface area (Å²) in [5.41, 5.74) is -0.156. The monoisotopic (exact) mass is 254 g/mol. The van der Waals surface area contributed by atoms with Crippen molar-refractivity contribution in [2.75, 3.05) is 13.7 Å². The average Bonchev–Trinajstić information content (AvgIpc) is 2.44. The van der Waals surface area contributed by atoms with Crippen molar-refractivity contribution in [3.63, 3.8) is 0 Å². The second-order valence-corrected chi connectivity index (χ2v) is 4.35. The van der Waals surface area contributed by atoms with E-state index in [2.05, 4.69) is 0 Å². The SMILES string of the molecule is CCC(O)(CC)COc1ccc(OC)cc1CO. The first-order valence-electron chi connectivity index (χ1n) is 6.21. The maximum absolute atomic E-state index is 10.1. The van der Waals surface area contributed by atoms with Crippen LogP contribution < -0.4 is 9.47 Å². The Labute approximate surface area is 108 Å². The lowest BCUT2D eigenvalue weighted by Crippen LogP contribution is -2.34. The molecule has 0 aliphatic rings. The van der Waals surface area contributed by atoms with Crippen LogP contribution in [-0.2, 0) is 6.61 Å². The first kappa shape index (κ1) is 14.8. The molecule has 0 aromatic heterocycles. The quantitative estimate of drug-likeness (QED) is 0.782. The number of hydrogen-bond donors (Lipinski definition) is 2. The Morgan fingerprint density at radius 1 is 1.22 bits per heavy atom. The molecule has 0 bridgehead atoms. The fourth-order valence-corrected chi connectivity index (χ4v) is 1.61. The zero-order valence-corrected chi connectivity index (χ0v) is 11.3. The summed E-state index contributed by atoms with van der Waals surface area (Å²) < 4.78 is 10.7. The highest BCUT2D eigenvalue weighted by Crippen LogP contribution is 2.26. The molecule has 1 aromatic rings. The van der Waals surface area contributed by atoms with Crippen LogP contribution in [0.25, 0.3) is 0 Å². The molecule has 0 heterocycles. The highest BCUT2D eigenvalue weighted by Gasteiger charge is 2.23. The van der Waals surface area contributed by atoms with Gasteiger partial charge in [-0.2, -0.15) is 0 Å². The second kappa shape index (κ2) is 6.61. The summed E-state index contributed by atoms with van der Waals surface area (Å²) >= 11 is 0. The van der Waals surface area contributed by atoms with Gasteiger partial charge in [-0.05, 0) is 31.0 Å². The lowest BCUT2D eigenvalue weighted by Gasteiger charge is -2.25. The van der Waals surface area contributed by atoms with Crippen LogP contribution in [0.3, 0.4) is 0 Å². The number of rotatable bonds is 7. The van der Waals surface area contributed by atoms with E-state index in [-0.39, 0.29) is 13.2 Å². The van der Waals surface area contributed by atoms with E-state index < -0.39 is 5.60 Å². The van der Waals surface area contributed by atoms with Crippen LogP contribution in [-0.4, -0.2) is 29.5 Å². The molecule has 4 heteroatoms. The molecule has 0 atom stereocenters. The lowest BCUT2D eigenvalue weighted by molar-refractivity contribution is -0.0118. The van der Waals surface area contributed by atoms with E-state index in [1.807, 2.05) is 13.8 Å². The third-order valence-corrected chi connectivity index (χ3v) is 3.25. The van der Waals surface area contributed by atoms with E-state index in [0.29, 0.717) is 29.9 Å². The molecule has 0 saturated heterocycles. The summed E-state index contributed by atoms with van der Waals surface area (Å²) in [5, 5.41) is 19.4. The number of benzene rings is 1. The summed E-state index contributed by atoms with van der Waals surface area (Å²) in [7, 11) is 1.57. The van der Waals surface area contributed by atoms with Crippen LogP contribution in [0.15, 0.2) is 18.2 Å². The van der Waals surface area contributed by atoms with Crippen LogP contribution in [0.4, 0.5) is 0 Å². The largest absolute Gasteiger partial charge is 0.497 e. The average molecular weight is 254 g/mol. The molecule has 1 aromatic carbocycles. The number of hydrogen-bond acceptors (Lipinski definition) is 4. The van der Waals surface area contributed by atoms with Crippen molar-refractivity contribution < 1.29 is 19.7 Å². The lowest BCUT2D eigenvalue weighted by atomic mass is 9.99. The Bertz CT molecular complexity index is 372. The number of aliphatic hydroxyl groups is 2. The maximum Gasteiger partial charge on any atom is 0.125 e. The van der Waals surface area contributed by atoms with Gasteiger partial charge < -0.3 is 19.7 Å². The van der Waals surface area contributed by atoms with Crippen molar-refractivity contribution in [3.05, 3.63) is 23.8 Å². The molecule has 2 N–H and O–H groups in total. The molecule has 0 radical (unpaired) electrons. The van der Waals surface area contributed by atoms with E-state index in [1.165, 1.54) is 0 Å². The number of aliphatic hydroxyl groups excluding tert-OH is 1. The van der Waals surface area contributed by atoms with Crippen LogP contribution in [0, 0.1) is 0 Å². The first-order chi connectivity index (χ1) is 8.58. The minimum atomic E-state index is -0.813. The summed E-state index contributed by atoms with van der Waals surface area (Å²) in [6.07, 6.45) is 1.27. The second-order valence-electron chi connectivity index (χ2n) is 4.35. The van der Waals surface area contributed by atoms with Crippen molar-refractivity contribution in [1.82, 2.24) is 0 Å². The van der Waals surface area contributed by atoms with Gasteiger partial charge in [0.1, 0.15) is 18.1 Å². The molecule has 0 saturated carbocycles. The Morgan fingerprint density at radius 2 is 1.89 bits per heavy atom. The summed E-state index contributed by atoms with van der Waals surface area (Å²) in [4.78, 5) is 0. The normalized spacial score (nSPS) is 11.4. The first-order valence-corrected chi connectivity index (χ1v) is 6.21. The van der Waals surface area contributed by atoms with Gasteiger partial charge in [-0.1, -0.05) is 13.8 Å². The van der Waals surface area contributed by atoms with E-state index in [0.717, 1.165) is 0 Å². The molecular weight excluding hydrogens is 232 g/mol. The van der Waals surface area contributed by atoms with E-state index in [4.69, 9.17) is 9.47 Å². The highest BCUT2D eigenvalue weighted by atomic mass is 16.5. The molecule has 102 valence electrons. The molecule has 0 aliphatic carbocycles. The van der Waals surface area contributed by atoms with Gasteiger partial charge in [-0.15, -0.1) is 0 Å². The molecule has 0 unspecified atom stereocenters. The van der Waals surface area contributed by atoms with Crippen LogP contribution in [0.1, 0.15) is 32.3 Å².